The first-order valence-corrected chi connectivity index (χ1v) is 13.5. The molecule has 1 aliphatic heterocycles. The lowest BCUT2D eigenvalue weighted by Crippen LogP contribution is -2.40. The van der Waals surface area contributed by atoms with Crippen molar-refractivity contribution >= 4 is 17.9 Å². The van der Waals surface area contributed by atoms with Crippen LogP contribution < -0.4 is 15.8 Å². The molecule has 0 spiro atoms. The molecule has 3 aliphatic rings. The highest BCUT2D eigenvalue weighted by Gasteiger charge is 2.34. The molecule has 4 aromatic rings. The van der Waals surface area contributed by atoms with Crippen LogP contribution in [0.25, 0.3) is 34.6 Å². The van der Waals surface area contributed by atoms with Gasteiger partial charge in [-0.3, -0.25) is 4.79 Å². The third-order valence-corrected chi connectivity index (χ3v) is 8.09. The van der Waals surface area contributed by atoms with E-state index in [2.05, 4.69) is 71.2 Å². The maximum atomic E-state index is 14.3. The first-order valence-electron chi connectivity index (χ1n) is 13.5. The van der Waals surface area contributed by atoms with Crippen molar-refractivity contribution in [2.24, 2.45) is 5.92 Å². The Bertz CT molecular complexity index is 1820. The molecule has 1 aromatic heterocycles. The van der Waals surface area contributed by atoms with Crippen molar-refractivity contribution < 1.29 is 9.32 Å². The van der Waals surface area contributed by atoms with Gasteiger partial charge in [-0.2, -0.15) is 0 Å². The summed E-state index contributed by atoms with van der Waals surface area (Å²) in [6.45, 7) is 1.86. The highest BCUT2D eigenvalue weighted by atomic mass is 16.5. The summed E-state index contributed by atoms with van der Waals surface area (Å²) < 4.78 is 5.72. The van der Waals surface area contributed by atoms with Crippen molar-refractivity contribution in [2.45, 2.75) is 25.7 Å². The summed E-state index contributed by atoms with van der Waals surface area (Å²) in [7, 11) is 0. The van der Waals surface area contributed by atoms with Gasteiger partial charge in [-0.1, -0.05) is 96.2 Å². The van der Waals surface area contributed by atoms with Crippen LogP contribution in [0.5, 0.6) is 0 Å². The third kappa shape index (κ3) is 4.00. The summed E-state index contributed by atoms with van der Waals surface area (Å²) in [4.78, 5) is 14.3. The second-order valence-corrected chi connectivity index (χ2v) is 10.4. The molecule has 1 N–H and O–H groups in total. The van der Waals surface area contributed by atoms with Gasteiger partial charge in [0.2, 0.25) is 0 Å². The lowest BCUT2D eigenvalue weighted by molar-refractivity contribution is 0.0943. The van der Waals surface area contributed by atoms with Gasteiger partial charge in [0, 0.05) is 29.3 Å². The van der Waals surface area contributed by atoms with E-state index in [0.717, 1.165) is 22.9 Å². The van der Waals surface area contributed by atoms with E-state index < -0.39 is 0 Å². The van der Waals surface area contributed by atoms with E-state index in [1.54, 1.807) is 0 Å². The number of fused-ring (bicyclic) bond motifs is 5. The summed E-state index contributed by atoms with van der Waals surface area (Å²) in [6, 6.07) is 22.9. The molecule has 0 amide bonds. The number of rotatable bonds is 4. The number of nitrogens with one attached hydrogen (secondary N) is 1. The van der Waals surface area contributed by atoms with Gasteiger partial charge in [0.25, 0.3) is 0 Å². The fraction of sp³-hybridized carbons (Fsp3) is 0.143. The topological polar surface area (TPSA) is 55.1 Å². The Morgan fingerprint density at radius 1 is 0.923 bits per heavy atom. The van der Waals surface area contributed by atoms with Crippen molar-refractivity contribution in [3.05, 3.63) is 136 Å². The van der Waals surface area contributed by atoms with E-state index in [1.807, 2.05) is 55.6 Å². The molecule has 2 heterocycles. The number of aryl methyl sites for hydroxylation is 1. The Morgan fingerprint density at radius 3 is 2.67 bits per heavy atom. The fourth-order valence-electron chi connectivity index (χ4n) is 6.22. The zero-order valence-electron chi connectivity index (χ0n) is 21.7. The molecule has 4 heteroatoms. The second kappa shape index (κ2) is 9.55. The smallest absolute Gasteiger partial charge is 0.177 e. The standard InChI is InChI=1S/C35H28N2O2/c1-22-33(35(39-37-22)24-11-4-2-5-12-24)34(38)25-20-30-28-16-15-23-10-7-8-13-26(23)27(28)17-18-29(30)31(21-25)32-14-6-3-9-19-36-32/h2-14,16-20,25,31,36H,15,21H2,1H3. The number of carbonyl (C=O) groups is 1. The summed E-state index contributed by atoms with van der Waals surface area (Å²) in [5.74, 6) is 0.320. The van der Waals surface area contributed by atoms with Crippen LogP contribution in [0.15, 0.2) is 107 Å². The monoisotopic (exact) mass is 508 g/mol. The molecule has 2 unspecified atom stereocenters. The number of nitrogens with zero attached hydrogens (tertiary/aromatic N) is 1. The van der Waals surface area contributed by atoms with Crippen molar-refractivity contribution in [2.75, 3.05) is 0 Å². The molecule has 2 atom stereocenters. The van der Waals surface area contributed by atoms with Crippen LogP contribution in [0.4, 0.5) is 0 Å². The average Bonchev–Trinajstić information content (AvgIpc) is 3.17. The van der Waals surface area contributed by atoms with Crippen LogP contribution >= 0.6 is 0 Å². The lowest BCUT2D eigenvalue weighted by atomic mass is 9.75. The number of hydrogen-bond donors (Lipinski definition) is 1. The van der Waals surface area contributed by atoms with Crippen LogP contribution in [0, 0.1) is 12.8 Å². The highest BCUT2D eigenvalue weighted by molar-refractivity contribution is 6.06. The number of ketones is 1. The van der Waals surface area contributed by atoms with Crippen LogP contribution in [-0.2, 0) is 6.42 Å². The molecular formula is C35H28N2O2. The van der Waals surface area contributed by atoms with Gasteiger partial charge in [0.15, 0.2) is 11.5 Å². The molecule has 2 aliphatic carbocycles. The maximum Gasteiger partial charge on any atom is 0.177 e. The van der Waals surface area contributed by atoms with Crippen LogP contribution in [0.3, 0.4) is 0 Å². The molecule has 7 rings (SSSR count). The Labute approximate surface area is 227 Å². The number of benzene rings is 3. The minimum absolute atomic E-state index is 0.0440. The normalized spacial score (nSPS) is 18.8. The zero-order valence-corrected chi connectivity index (χ0v) is 21.7. The predicted molar refractivity (Wildman–Crippen MR) is 155 cm³/mol. The van der Waals surface area contributed by atoms with Crippen molar-refractivity contribution in [1.82, 2.24) is 10.5 Å². The SMILES string of the molecule is Cc1noc(-c2ccccc2)c1C(=O)C1C=c2c(ccc3c2=CCc2ccccc2-3)C(C2=CC=CC=CN2)C1. The van der Waals surface area contributed by atoms with E-state index in [4.69, 9.17) is 4.52 Å². The van der Waals surface area contributed by atoms with E-state index in [0.29, 0.717) is 23.4 Å². The first kappa shape index (κ1) is 23.4. The average molecular weight is 509 g/mol. The van der Waals surface area contributed by atoms with Crippen molar-refractivity contribution in [3.63, 3.8) is 0 Å². The van der Waals surface area contributed by atoms with Gasteiger partial charge in [-0.15, -0.1) is 0 Å². The molecule has 4 nitrogen and oxygen atoms in total. The zero-order chi connectivity index (χ0) is 26.3. The summed E-state index contributed by atoms with van der Waals surface area (Å²) in [5, 5.41) is 10.1. The Kier molecular flexibility index (Phi) is 5.74. The number of hydrogen-bond acceptors (Lipinski definition) is 4. The van der Waals surface area contributed by atoms with E-state index in [-0.39, 0.29) is 17.6 Å². The molecule has 0 saturated carbocycles. The van der Waals surface area contributed by atoms with Gasteiger partial charge in [0.1, 0.15) is 0 Å². The maximum absolute atomic E-state index is 14.3. The Morgan fingerprint density at radius 2 is 1.77 bits per heavy atom. The number of carbonyl (C=O) groups excluding carboxylic acids is 1. The summed E-state index contributed by atoms with van der Waals surface area (Å²) >= 11 is 0. The minimum Gasteiger partial charge on any atom is -0.364 e. The summed E-state index contributed by atoms with van der Waals surface area (Å²) in [5.41, 5.74) is 8.24. The molecule has 3 aromatic carbocycles. The van der Waals surface area contributed by atoms with Gasteiger partial charge < -0.3 is 9.84 Å². The molecular weight excluding hydrogens is 480 g/mol. The first-order chi connectivity index (χ1) is 19.2. The number of aromatic nitrogens is 1. The molecule has 0 radical (unpaired) electrons. The molecule has 0 fully saturated rings. The second-order valence-electron chi connectivity index (χ2n) is 10.4. The van der Waals surface area contributed by atoms with Crippen molar-refractivity contribution in [3.8, 4) is 22.5 Å². The minimum atomic E-state index is -0.320. The molecule has 39 heavy (non-hydrogen) atoms. The van der Waals surface area contributed by atoms with Gasteiger partial charge in [-0.05, 0) is 64.6 Å². The number of Topliss-reactive ketones (excluding diaryl/α,β-unsaturated/α-hetero) is 1. The highest BCUT2D eigenvalue weighted by Crippen LogP contribution is 2.37. The van der Waals surface area contributed by atoms with Gasteiger partial charge in [-0.25, -0.2) is 0 Å². The molecule has 0 saturated heterocycles. The van der Waals surface area contributed by atoms with Crippen LogP contribution in [0.2, 0.25) is 0 Å². The van der Waals surface area contributed by atoms with E-state index in [9.17, 15) is 4.79 Å². The van der Waals surface area contributed by atoms with Crippen molar-refractivity contribution in [1.29, 1.82) is 0 Å². The fourth-order valence-corrected chi connectivity index (χ4v) is 6.22. The Balaban J connectivity index is 1.41. The quantitative estimate of drug-likeness (QED) is 0.345. The Hall–Kier alpha value is -4.70. The summed E-state index contributed by atoms with van der Waals surface area (Å²) in [6.07, 6.45) is 16.2. The largest absolute Gasteiger partial charge is 0.364 e. The lowest BCUT2D eigenvalue weighted by Gasteiger charge is -2.30. The van der Waals surface area contributed by atoms with E-state index in [1.165, 1.54) is 27.5 Å². The van der Waals surface area contributed by atoms with E-state index >= 15 is 0 Å². The predicted octanol–water partition coefficient (Wildman–Crippen LogP) is 5.98. The van der Waals surface area contributed by atoms with Gasteiger partial charge >= 0.3 is 0 Å². The molecule has 0 bridgehead atoms. The molecule has 190 valence electrons. The third-order valence-electron chi connectivity index (χ3n) is 8.09. The van der Waals surface area contributed by atoms with Gasteiger partial charge in [0.05, 0.1) is 11.3 Å². The van der Waals surface area contributed by atoms with Crippen LogP contribution in [-0.4, -0.2) is 10.9 Å². The number of allylic oxidation sites excluding steroid dienone is 5. The van der Waals surface area contributed by atoms with Crippen LogP contribution in [0.1, 0.15) is 39.5 Å².